The van der Waals surface area contributed by atoms with Crippen LogP contribution in [-0.4, -0.2) is 26.0 Å². The van der Waals surface area contributed by atoms with Gasteiger partial charge in [0, 0.05) is 0 Å². The average molecular weight is 397 g/mol. The van der Waals surface area contributed by atoms with Crippen LogP contribution >= 0.6 is 0 Å². The maximum Gasteiger partial charge on any atom is 0.294 e. The Kier molecular flexibility index (Phi) is 5.18. The number of anilines is 1. The zero-order valence-electron chi connectivity index (χ0n) is 12.6. The molecule has 0 atom stereocenters. The molecule has 0 aliphatic rings. The van der Waals surface area contributed by atoms with Gasteiger partial charge in [0.05, 0.1) is 17.7 Å². The van der Waals surface area contributed by atoms with Gasteiger partial charge in [0.1, 0.15) is 11.3 Å². The van der Waals surface area contributed by atoms with Crippen LogP contribution in [0.25, 0.3) is 0 Å². The number of methoxy groups -OCH3 is 1. The molecule has 0 aliphatic heterocycles. The Bertz CT molecular complexity index is 980. The summed E-state index contributed by atoms with van der Waals surface area (Å²) in [6.45, 7) is 0. The first-order valence-electron chi connectivity index (χ1n) is 6.47. The second-order valence-corrected chi connectivity index (χ2v) is 6.16. The summed E-state index contributed by atoms with van der Waals surface area (Å²) in [5.41, 5.74) is -2.28. The maximum absolute atomic E-state index is 13.7. The molecular weight excluding hydrogens is 389 g/mol. The van der Waals surface area contributed by atoms with Crippen molar-refractivity contribution in [2.75, 3.05) is 12.4 Å². The van der Waals surface area contributed by atoms with Crippen LogP contribution < -0.4 is 10.1 Å². The van der Waals surface area contributed by atoms with Gasteiger partial charge < -0.3 is 10.1 Å². The van der Waals surface area contributed by atoms with Crippen molar-refractivity contribution in [3.8, 4) is 5.75 Å². The Labute approximate surface area is 142 Å². The van der Waals surface area contributed by atoms with E-state index in [-0.39, 0.29) is 5.75 Å². The third-order valence-corrected chi connectivity index (χ3v) is 4.00. The number of hydrogen-bond acceptors (Lipinski definition) is 4. The number of rotatable bonds is 4. The first-order chi connectivity index (χ1) is 12.0. The third-order valence-electron chi connectivity index (χ3n) is 3.15. The van der Waals surface area contributed by atoms with Crippen LogP contribution in [0.4, 0.5) is 27.6 Å². The van der Waals surface area contributed by atoms with E-state index >= 15 is 0 Å². The van der Waals surface area contributed by atoms with E-state index in [2.05, 4.69) is 0 Å². The molecule has 0 spiro atoms. The van der Waals surface area contributed by atoms with E-state index in [1.165, 1.54) is 0 Å². The highest BCUT2D eigenvalue weighted by molar-refractivity contribution is 7.85. The molecule has 2 rings (SSSR count). The fraction of sp³-hybridized carbons (Fsp3) is 0.0714. The first kappa shape index (κ1) is 19.6. The summed E-state index contributed by atoms with van der Waals surface area (Å²) in [5.74, 6) is -13.8. The predicted octanol–water partition coefficient (Wildman–Crippen LogP) is 2.89. The minimum atomic E-state index is -4.71. The lowest BCUT2D eigenvalue weighted by Crippen LogP contribution is -2.20. The van der Waals surface area contributed by atoms with E-state index in [1.54, 1.807) is 5.32 Å². The summed E-state index contributed by atoms with van der Waals surface area (Å²) in [5, 5.41) is 1.77. The Balaban J connectivity index is 2.55. The molecule has 26 heavy (non-hydrogen) atoms. The molecule has 6 nitrogen and oxygen atoms in total. The molecule has 0 aromatic heterocycles. The molecule has 0 aliphatic carbocycles. The zero-order valence-corrected chi connectivity index (χ0v) is 13.4. The highest BCUT2D eigenvalue weighted by atomic mass is 32.2. The van der Waals surface area contributed by atoms with Crippen molar-refractivity contribution in [1.29, 1.82) is 0 Å². The van der Waals surface area contributed by atoms with Crippen LogP contribution in [0.2, 0.25) is 0 Å². The minimum Gasteiger partial charge on any atom is -0.495 e. The fourth-order valence-electron chi connectivity index (χ4n) is 1.93. The lowest BCUT2D eigenvalue weighted by Gasteiger charge is -2.13. The first-order valence-corrected chi connectivity index (χ1v) is 7.91. The van der Waals surface area contributed by atoms with Gasteiger partial charge in [-0.15, -0.1) is 0 Å². The van der Waals surface area contributed by atoms with E-state index in [1.807, 2.05) is 0 Å². The second kappa shape index (κ2) is 6.88. The number of halogens is 5. The number of hydrogen-bond donors (Lipinski definition) is 2. The van der Waals surface area contributed by atoms with Crippen molar-refractivity contribution in [1.82, 2.24) is 0 Å². The standard InChI is InChI=1S/C14H8F5NO5S/c1-25-7-3-2-5(26(22,23)24)4-6(7)20-14(21)8-9(15)11(17)13(19)12(18)10(8)16/h2-4H,1H3,(H,20,21)(H,22,23,24). The van der Waals surface area contributed by atoms with Crippen LogP contribution in [0, 0.1) is 29.1 Å². The van der Waals surface area contributed by atoms with Crippen LogP contribution in [0.3, 0.4) is 0 Å². The van der Waals surface area contributed by atoms with Gasteiger partial charge in [-0.25, -0.2) is 22.0 Å². The van der Waals surface area contributed by atoms with Gasteiger partial charge in [-0.05, 0) is 18.2 Å². The van der Waals surface area contributed by atoms with Gasteiger partial charge in [-0.3, -0.25) is 9.35 Å². The lowest BCUT2D eigenvalue weighted by atomic mass is 10.1. The van der Waals surface area contributed by atoms with Crippen molar-refractivity contribution in [2.24, 2.45) is 0 Å². The summed E-state index contributed by atoms with van der Waals surface area (Å²) >= 11 is 0. The number of nitrogens with one attached hydrogen (secondary N) is 1. The van der Waals surface area contributed by atoms with Crippen molar-refractivity contribution in [3.05, 3.63) is 52.8 Å². The monoisotopic (exact) mass is 397 g/mol. The number of amides is 1. The average Bonchev–Trinajstić information content (AvgIpc) is 2.57. The summed E-state index contributed by atoms with van der Waals surface area (Å²) in [6.07, 6.45) is 0. The molecule has 0 saturated carbocycles. The topological polar surface area (TPSA) is 92.7 Å². The second-order valence-electron chi connectivity index (χ2n) is 4.74. The number of benzene rings is 2. The molecule has 2 aromatic rings. The van der Waals surface area contributed by atoms with Crippen LogP contribution in [0.15, 0.2) is 23.1 Å². The van der Waals surface area contributed by atoms with Gasteiger partial charge in [-0.2, -0.15) is 8.42 Å². The van der Waals surface area contributed by atoms with Crippen LogP contribution in [0.1, 0.15) is 10.4 Å². The highest BCUT2D eigenvalue weighted by Gasteiger charge is 2.30. The van der Waals surface area contributed by atoms with Gasteiger partial charge in [-0.1, -0.05) is 0 Å². The SMILES string of the molecule is COc1ccc(S(=O)(=O)O)cc1NC(=O)c1c(F)c(F)c(F)c(F)c1F. The lowest BCUT2D eigenvalue weighted by molar-refractivity contribution is 0.101. The quantitative estimate of drug-likeness (QED) is 0.358. The predicted molar refractivity (Wildman–Crippen MR) is 77.0 cm³/mol. The van der Waals surface area contributed by atoms with Crippen molar-refractivity contribution in [2.45, 2.75) is 4.90 Å². The molecule has 2 aromatic carbocycles. The maximum atomic E-state index is 13.7. The van der Waals surface area contributed by atoms with Gasteiger partial charge in [0.15, 0.2) is 23.3 Å². The van der Waals surface area contributed by atoms with E-state index in [0.29, 0.717) is 6.07 Å². The summed E-state index contributed by atoms with van der Waals surface area (Å²) < 4.78 is 103. The Morgan fingerprint density at radius 3 is 1.96 bits per heavy atom. The smallest absolute Gasteiger partial charge is 0.294 e. The van der Waals surface area contributed by atoms with Gasteiger partial charge in [0.25, 0.3) is 16.0 Å². The largest absolute Gasteiger partial charge is 0.495 e. The summed E-state index contributed by atoms with van der Waals surface area (Å²) in [4.78, 5) is 11.3. The third kappa shape index (κ3) is 3.46. The zero-order chi connectivity index (χ0) is 19.8. The molecule has 12 heteroatoms. The number of carbonyl (C=O) groups excluding carboxylic acids is 1. The van der Waals surface area contributed by atoms with E-state index in [9.17, 15) is 35.2 Å². The molecule has 0 unspecified atom stereocenters. The highest BCUT2D eigenvalue weighted by Crippen LogP contribution is 2.29. The van der Waals surface area contributed by atoms with E-state index in [0.717, 1.165) is 19.2 Å². The minimum absolute atomic E-state index is 0.213. The van der Waals surface area contributed by atoms with E-state index < -0.39 is 61.3 Å². The summed E-state index contributed by atoms with van der Waals surface area (Å²) in [6, 6.07) is 2.54. The van der Waals surface area contributed by atoms with Crippen LogP contribution in [0.5, 0.6) is 5.75 Å². The van der Waals surface area contributed by atoms with Gasteiger partial charge in [0.2, 0.25) is 5.82 Å². The molecule has 140 valence electrons. The molecule has 1 amide bonds. The molecule has 2 N–H and O–H groups in total. The molecule has 0 heterocycles. The Morgan fingerprint density at radius 1 is 1.00 bits per heavy atom. The van der Waals surface area contributed by atoms with Crippen molar-refractivity contribution in [3.63, 3.8) is 0 Å². The fourth-order valence-corrected chi connectivity index (χ4v) is 2.44. The molecule has 0 fully saturated rings. The van der Waals surface area contributed by atoms with Crippen molar-refractivity contribution >= 4 is 21.7 Å². The number of ether oxygens (including phenoxy) is 1. The van der Waals surface area contributed by atoms with Crippen LogP contribution in [-0.2, 0) is 10.1 Å². The normalized spacial score (nSPS) is 11.3. The Hall–Kier alpha value is -2.73. The van der Waals surface area contributed by atoms with Crippen molar-refractivity contribution < 1.29 is 44.5 Å². The van der Waals surface area contributed by atoms with Gasteiger partial charge >= 0.3 is 0 Å². The number of carbonyl (C=O) groups is 1. The molecule has 0 saturated heterocycles. The Morgan fingerprint density at radius 2 is 1.50 bits per heavy atom. The molecule has 0 bridgehead atoms. The summed E-state index contributed by atoms with van der Waals surface area (Å²) in [7, 11) is -3.62. The van der Waals surface area contributed by atoms with E-state index in [4.69, 9.17) is 9.29 Å². The molecular formula is C14H8F5NO5S. The molecule has 0 radical (unpaired) electrons.